The first-order chi connectivity index (χ1) is 35.6. The number of hydrogen-bond acceptors (Lipinski definition) is 23. The molecule has 0 aromatic rings. The number of allylic oxidation sites excluding steroid dienone is 1. The first-order valence-electron chi connectivity index (χ1n) is 27.3. The molecule has 4 saturated carbocycles. The van der Waals surface area contributed by atoms with Crippen LogP contribution in [0.1, 0.15) is 106 Å². The van der Waals surface area contributed by atoms with E-state index in [0.717, 1.165) is 11.9 Å². The molecule has 30 unspecified atom stereocenters. The highest BCUT2D eigenvalue weighted by molar-refractivity contribution is 5.79. The molecule has 0 spiro atoms. The maximum Gasteiger partial charge on any atom is 0.315 e. The lowest BCUT2D eigenvalue weighted by atomic mass is 9.33. The molecular weight excluding hydrogens is 1000 g/mol. The van der Waals surface area contributed by atoms with Gasteiger partial charge in [0.1, 0.15) is 91.7 Å². The SMILES string of the molecule is CC1OC(OC2C(OC3C(OC4CCC5(C)C(CCC6(C)C5CC=C5C7C(C(=O)OC8OC(CO)C(O)C(O)C8O)(CCC(C)C7(C)O)CCC56C)C4(C)C=O)OCC(O)C3O)OC(CO)C(O)C2O)C(O)C(O)C1O. The van der Waals surface area contributed by atoms with Crippen molar-refractivity contribution in [3.05, 3.63) is 11.6 Å². The molecule has 23 nitrogen and oxygen atoms in total. The number of hydrogen-bond donors (Lipinski definition) is 13. The number of esters is 1. The van der Waals surface area contributed by atoms with Crippen molar-refractivity contribution in [3.8, 4) is 0 Å². The molecule has 0 bridgehead atoms. The van der Waals surface area contributed by atoms with Gasteiger partial charge in [0.2, 0.25) is 6.29 Å². The third kappa shape index (κ3) is 9.01. The van der Waals surface area contributed by atoms with E-state index in [-0.39, 0.29) is 17.8 Å². The molecule has 0 aromatic carbocycles. The summed E-state index contributed by atoms with van der Waals surface area (Å²) in [5.74, 6) is -1.91. The van der Waals surface area contributed by atoms with Crippen LogP contribution in [0.4, 0.5) is 0 Å². The number of carbonyl (C=O) groups is 2. The molecule has 5 aliphatic carbocycles. The summed E-state index contributed by atoms with van der Waals surface area (Å²) in [4.78, 5) is 28.7. The van der Waals surface area contributed by atoms with Gasteiger partial charge in [-0.25, -0.2) is 0 Å². The van der Waals surface area contributed by atoms with Crippen LogP contribution in [0.5, 0.6) is 0 Å². The monoisotopic (exact) mass is 1090 g/mol. The van der Waals surface area contributed by atoms with Gasteiger partial charge in [-0.2, -0.15) is 0 Å². The Morgan fingerprint density at radius 3 is 1.91 bits per heavy atom. The molecule has 0 aromatic heterocycles. The highest BCUT2D eigenvalue weighted by Gasteiger charge is 2.73. The molecule has 76 heavy (non-hydrogen) atoms. The molecule has 4 saturated heterocycles. The summed E-state index contributed by atoms with van der Waals surface area (Å²) in [5.41, 5.74) is -4.32. The highest BCUT2D eigenvalue weighted by atomic mass is 16.8. The minimum Gasteiger partial charge on any atom is -0.432 e. The molecule has 13 N–H and O–H groups in total. The van der Waals surface area contributed by atoms with Gasteiger partial charge in [-0.15, -0.1) is 0 Å². The van der Waals surface area contributed by atoms with Crippen molar-refractivity contribution in [2.45, 2.75) is 235 Å². The predicted molar refractivity (Wildman–Crippen MR) is 257 cm³/mol. The lowest BCUT2D eigenvalue weighted by Crippen LogP contribution is -2.69. The number of aliphatic hydroxyl groups is 13. The van der Waals surface area contributed by atoms with Gasteiger partial charge in [-0.05, 0) is 106 Å². The number of ether oxygens (including phenoxy) is 8. The summed E-state index contributed by atoms with van der Waals surface area (Å²) < 4.78 is 48.0. The minimum absolute atomic E-state index is 0.00750. The Hall–Kier alpha value is -1.92. The van der Waals surface area contributed by atoms with Crippen LogP contribution in [-0.4, -0.2) is 227 Å². The van der Waals surface area contributed by atoms with Crippen molar-refractivity contribution in [1.82, 2.24) is 0 Å². The van der Waals surface area contributed by atoms with Crippen molar-refractivity contribution >= 4 is 12.3 Å². The molecule has 30 atom stereocenters. The van der Waals surface area contributed by atoms with E-state index in [1.165, 1.54) is 6.92 Å². The molecule has 0 amide bonds. The Kier molecular flexibility index (Phi) is 16.3. The largest absolute Gasteiger partial charge is 0.432 e. The molecule has 4 aliphatic heterocycles. The standard InChI is InChI=1S/C53H84O23/c1-22-10-15-53(47(67)76-44-39(66)36(63)33(60)26(18-54)71-44)17-16-50(5)24(42(53)52(22,7)68)8-9-29-48(3)13-12-30(49(4,21-56)28(48)11-14-51(29,50)6)73-45-40(32(59)25(57)20-69-45)75-46-41(37(64)34(61)27(19-55)72-46)74-43-38(65)35(62)31(58)23(2)70-43/h8,21-23,25-46,54-55,57-66,68H,9-20H2,1-7H3. The van der Waals surface area contributed by atoms with Crippen LogP contribution < -0.4 is 0 Å². The number of aliphatic hydroxyl groups excluding tert-OH is 12. The van der Waals surface area contributed by atoms with Crippen molar-refractivity contribution in [2.75, 3.05) is 19.8 Å². The van der Waals surface area contributed by atoms with Crippen molar-refractivity contribution in [3.63, 3.8) is 0 Å². The molecule has 0 radical (unpaired) electrons. The van der Waals surface area contributed by atoms with Crippen LogP contribution >= 0.6 is 0 Å². The summed E-state index contributed by atoms with van der Waals surface area (Å²) >= 11 is 0. The fourth-order valence-electron chi connectivity index (χ4n) is 16.2. The van der Waals surface area contributed by atoms with Crippen LogP contribution in [0.3, 0.4) is 0 Å². The quantitative estimate of drug-likeness (QED) is 0.0451. The smallest absolute Gasteiger partial charge is 0.315 e. The van der Waals surface area contributed by atoms with Crippen LogP contribution in [0.15, 0.2) is 11.6 Å². The Morgan fingerprint density at radius 2 is 1.25 bits per heavy atom. The Balaban J connectivity index is 0.972. The van der Waals surface area contributed by atoms with Crippen molar-refractivity contribution < 1.29 is 114 Å². The average Bonchev–Trinajstić information content (AvgIpc) is 3.57. The second-order valence-electron chi connectivity index (χ2n) is 25.1. The van der Waals surface area contributed by atoms with Gasteiger partial charge in [-0.3, -0.25) is 4.79 Å². The fourth-order valence-corrected chi connectivity index (χ4v) is 16.2. The highest BCUT2D eigenvalue weighted by Crippen LogP contribution is 2.76. The lowest BCUT2D eigenvalue weighted by Gasteiger charge is -2.71. The van der Waals surface area contributed by atoms with E-state index in [0.29, 0.717) is 57.8 Å². The van der Waals surface area contributed by atoms with Crippen molar-refractivity contribution in [2.24, 2.45) is 50.7 Å². The molecule has 434 valence electrons. The maximum atomic E-state index is 14.8. The minimum atomic E-state index is -1.88. The van der Waals surface area contributed by atoms with Crippen LogP contribution in [-0.2, 0) is 47.5 Å². The molecular formula is C53H84O23. The summed E-state index contributed by atoms with van der Waals surface area (Å²) in [6.45, 7) is 11.8. The number of rotatable bonds is 11. The molecule has 23 heteroatoms. The van der Waals surface area contributed by atoms with Gasteiger partial charge < -0.3 is 109 Å². The zero-order chi connectivity index (χ0) is 55.6. The molecule has 8 fully saturated rings. The van der Waals surface area contributed by atoms with E-state index < -0.39 is 187 Å². The zero-order valence-electron chi connectivity index (χ0n) is 44.4. The number of fused-ring (bicyclic) bond motifs is 7. The Bertz CT molecular complexity index is 2130. The predicted octanol–water partition coefficient (Wildman–Crippen LogP) is -2.22. The lowest BCUT2D eigenvalue weighted by molar-refractivity contribution is -0.391. The van der Waals surface area contributed by atoms with Gasteiger partial charge in [-0.1, -0.05) is 46.3 Å². The Labute approximate surface area is 442 Å². The second-order valence-corrected chi connectivity index (χ2v) is 25.1. The van der Waals surface area contributed by atoms with Gasteiger partial charge in [0, 0.05) is 5.92 Å². The summed E-state index contributed by atoms with van der Waals surface area (Å²) in [7, 11) is 0. The summed E-state index contributed by atoms with van der Waals surface area (Å²) in [6, 6.07) is 0. The van der Waals surface area contributed by atoms with E-state index in [2.05, 4.69) is 26.8 Å². The van der Waals surface area contributed by atoms with E-state index >= 15 is 0 Å². The maximum absolute atomic E-state index is 14.8. The van der Waals surface area contributed by atoms with Gasteiger partial charge in [0.15, 0.2) is 18.9 Å². The van der Waals surface area contributed by atoms with E-state index in [1.807, 2.05) is 13.8 Å². The average molecular weight is 1090 g/mol. The topological polar surface area (TPSA) is 371 Å². The summed E-state index contributed by atoms with van der Waals surface area (Å²) in [5, 5.41) is 141. The first-order valence-corrected chi connectivity index (χ1v) is 27.3. The zero-order valence-corrected chi connectivity index (χ0v) is 44.4. The van der Waals surface area contributed by atoms with Crippen LogP contribution in [0.2, 0.25) is 0 Å². The number of carbonyl (C=O) groups excluding carboxylic acids is 2. The molecule has 4 heterocycles. The van der Waals surface area contributed by atoms with Crippen LogP contribution in [0, 0.1) is 50.7 Å². The van der Waals surface area contributed by atoms with Crippen LogP contribution in [0.25, 0.3) is 0 Å². The van der Waals surface area contributed by atoms with Crippen molar-refractivity contribution in [1.29, 1.82) is 0 Å². The van der Waals surface area contributed by atoms with E-state index in [9.17, 15) is 76.0 Å². The normalized spacial score (nSPS) is 56.4. The first kappa shape index (κ1) is 58.7. The van der Waals surface area contributed by atoms with Gasteiger partial charge in [0.05, 0.1) is 48.5 Å². The Morgan fingerprint density at radius 1 is 0.645 bits per heavy atom. The van der Waals surface area contributed by atoms with E-state index in [4.69, 9.17) is 37.9 Å². The van der Waals surface area contributed by atoms with Gasteiger partial charge >= 0.3 is 5.97 Å². The third-order valence-electron chi connectivity index (χ3n) is 21.4. The molecule has 9 rings (SSSR count). The van der Waals surface area contributed by atoms with Gasteiger partial charge in [0.25, 0.3) is 0 Å². The number of aldehydes is 1. The molecule has 9 aliphatic rings. The summed E-state index contributed by atoms with van der Waals surface area (Å²) in [6.07, 6.45) is -24.3. The third-order valence-corrected chi connectivity index (χ3v) is 21.4. The van der Waals surface area contributed by atoms with E-state index in [1.54, 1.807) is 6.92 Å². The second kappa shape index (κ2) is 21.1. The fraction of sp³-hybridized carbons (Fsp3) is 0.925.